The highest BCUT2D eigenvalue weighted by Crippen LogP contribution is 2.42. The maximum atomic E-state index is 15.8. The van der Waals surface area contributed by atoms with E-state index in [0.717, 1.165) is 6.20 Å². The van der Waals surface area contributed by atoms with Gasteiger partial charge in [0.05, 0.1) is 16.6 Å². The zero-order valence-electron chi connectivity index (χ0n) is 16.9. The largest absolute Gasteiger partial charge is 0.385 e. The minimum Gasteiger partial charge on any atom is -0.385 e. The Morgan fingerprint density at radius 2 is 1.83 bits per heavy atom. The molecule has 10 heteroatoms. The second-order valence-electron chi connectivity index (χ2n) is 8.07. The van der Waals surface area contributed by atoms with Gasteiger partial charge < -0.3 is 20.1 Å². The molecule has 2 atom stereocenters. The molecule has 30 heavy (non-hydrogen) atoms. The molecule has 2 aliphatic rings. The molecule has 1 aliphatic carbocycles. The van der Waals surface area contributed by atoms with Crippen LogP contribution < -0.4 is 21.0 Å². The first-order chi connectivity index (χ1) is 14.3. The Morgan fingerprint density at radius 3 is 2.37 bits per heavy atom. The average Bonchev–Trinajstić information content (AvgIpc) is 3.53. The van der Waals surface area contributed by atoms with E-state index in [4.69, 9.17) is 0 Å². The third kappa shape index (κ3) is 3.19. The molecule has 2 N–H and O–H groups in total. The van der Waals surface area contributed by atoms with Gasteiger partial charge in [-0.2, -0.15) is 0 Å². The van der Waals surface area contributed by atoms with E-state index in [9.17, 15) is 14.1 Å². The number of halogens is 3. The van der Waals surface area contributed by atoms with Gasteiger partial charge in [0.25, 0.3) is 0 Å². The van der Waals surface area contributed by atoms with E-state index in [0.29, 0.717) is 25.9 Å². The van der Waals surface area contributed by atoms with E-state index in [-0.39, 0.29) is 40.4 Å². The van der Waals surface area contributed by atoms with Gasteiger partial charge >= 0.3 is 5.97 Å². The smallest absolute Gasteiger partial charge is 0.384 e. The molecule has 1 aromatic heterocycles. The van der Waals surface area contributed by atoms with Crippen LogP contribution in [0.1, 0.15) is 43.1 Å². The Kier molecular flexibility index (Phi) is 5.13. The maximum Gasteiger partial charge on any atom is 0.384 e. The lowest BCUT2D eigenvalue weighted by Gasteiger charge is -2.38. The van der Waals surface area contributed by atoms with Crippen LogP contribution in [0.15, 0.2) is 11.0 Å². The van der Waals surface area contributed by atoms with Crippen molar-refractivity contribution >= 4 is 28.2 Å². The van der Waals surface area contributed by atoms with Crippen LogP contribution in [0.2, 0.25) is 0 Å². The molecule has 0 amide bonds. The minimum absolute atomic E-state index is 0.00797. The van der Waals surface area contributed by atoms with Gasteiger partial charge in [-0.05, 0) is 26.7 Å². The third-order valence-corrected chi connectivity index (χ3v) is 5.68. The van der Waals surface area contributed by atoms with E-state index in [1.807, 2.05) is 13.8 Å². The highest BCUT2D eigenvalue weighted by molar-refractivity contribution is 6.00. The molecular weight excluding hydrogens is 401 g/mol. The molecular formula is C20H23F3N4O3. The van der Waals surface area contributed by atoms with Gasteiger partial charge in [-0.25, -0.2) is 18.5 Å². The van der Waals surface area contributed by atoms with Gasteiger partial charge in [-0.1, -0.05) is 0 Å². The van der Waals surface area contributed by atoms with Crippen molar-refractivity contribution in [2.45, 2.75) is 44.8 Å². The van der Waals surface area contributed by atoms with Gasteiger partial charge in [0.2, 0.25) is 5.43 Å². The molecule has 162 valence electrons. The standard InChI is InChI=1S/C20H23F3N4O3/c1-9-6-26(7-10(2)25-9)18-14(21)16(24-3)13-17(15(18)22)27(11-4-5-11)8-12(19(13)28)20(29)30-23/h8-11,24-25H,4-7H2,1-3H3/t9-,10+. The molecule has 0 bridgehead atoms. The monoisotopic (exact) mass is 424 g/mol. The molecule has 2 heterocycles. The van der Waals surface area contributed by atoms with E-state index >= 15 is 8.78 Å². The number of hydrogen-bond acceptors (Lipinski definition) is 6. The number of carbonyl (C=O) groups is 1. The van der Waals surface area contributed by atoms with E-state index in [1.165, 1.54) is 11.6 Å². The number of fused-ring (bicyclic) bond motifs is 1. The van der Waals surface area contributed by atoms with Gasteiger partial charge in [-0.15, -0.1) is 0 Å². The highest BCUT2D eigenvalue weighted by atomic mass is 19.3. The van der Waals surface area contributed by atoms with Gasteiger partial charge in [-0.3, -0.25) is 4.79 Å². The normalized spacial score (nSPS) is 21.7. The Morgan fingerprint density at radius 1 is 1.20 bits per heavy atom. The van der Waals surface area contributed by atoms with Crippen molar-refractivity contribution in [3.8, 4) is 0 Å². The summed E-state index contributed by atoms with van der Waals surface area (Å²) in [5, 5.41) is 5.62. The van der Waals surface area contributed by atoms with Crippen LogP contribution in [-0.4, -0.2) is 42.8 Å². The third-order valence-electron chi connectivity index (χ3n) is 5.68. The summed E-state index contributed by atoms with van der Waals surface area (Å²) in [6.07, 6.45) is 2.51. The lowest BCUT2D eigenvalue weighted by molar-refractivity contribution is -0.0789. The molecule has 4 rings (SSSR count). The molecule has 1 aliphatic heterocycles. The summed E-state index contributed by atoms with van der Waals surface area (Å²) < 4.78 is 45.4. The fourth-order valence-electron chi connectivity index (χ4n) is 4.37. The molecule has 0 radical (unpaired) electrons. The van der Waals surface area contributed by atoms with Crippen LogP contribution in [0.25, 0.3) is 10.9 Å². The van der Waals surface area contributed by atoms with E-state index in [2.05, 4.69) is 15.6 Å². The van der Waals surface area contributed by atoms with Gasteiger partial charge in [0.1, 0.15) is 11.3 Å². The number of rotatable bonds is 4. The maximum absolute atomic E-state index is 15.8. The molecule has 0 unspecified atom stereocenters. The number of benzene rings is 1. The predicted octanol–water partition coefficient (Wildman–Crippen LogP) is 2.88. The van der Waals surface area contributed by atoms with Crippen molar-refractivity contribution < 1.29 is 23.0 Å². The van der Waals surface area contributed by atoms with Crippen LogP contribution in [0.3, 0.4) is 0 Å². The lowest BCUT2D eigenvalue weighted by Crippen LogP contribution is -2.54. The number of piperazine rings is 1. The van der Waals surface area contributed by atoms with Crippen LogP contribution in [-0.2, 0) is 4.94 Å². The highest BCUT2D eigenvalue weighted by Gasteiger charge is 2.35. The van der Waals surface area contributed by atoms with Crippen molar-refractivity contribution in [1.82, 2.24) is 9.88 Å². The summed E-state index contributed by atoms with van der Waals surface area (Å²) in [6.45, 7) is 4.61. The number of pyridine rings is 1. The first kappa shape index (κ1) is 20.5. The topological polar surface area (TPSA) is 75.6 Å². The zero-order chi connectivity index (χ0) is 21.7. The summed E-state index contributed by atoms with van der Waals surface area (Å²) in [5.41, 5.74) is -2.14. The fourth-order valence-corrected chi connectivity index (χ4v) is 4.37. The van der Waals surface area contributed by atoms with Crippen molar-refractivity contribution in [3.63, 3.8) is 0 Å². The first-order valence-electron chi connectivity index (χ1n) is 9.89. The second-order valence-corrected chi connectivity index (χ2v) is 8.07. The number of aromatic nitrogens is 1. The summed E-state index contributed by atoms with van der Waals surface area (Å²) in [6, 6.07) is -0.153. The molecule has 1 aromatic carbocycles. The number of nitrogens with zero attached hydrogens (tertiary/aromatic N) is 2. The van der Waals surface area contributed by atoms with Crippen molar-refractivity contribution in [3.05, 3.63) is 33.6 Å². The van der Waals surface area contributed by atoms with Crippen LogP contribution in [0.4, 0.5) is 24.7 Å². The van der Waals surface area contributed by atoms with Crippen molar-refractivity contribution in [2.75, 3.05) is 30.4 Å². The average molecular weight is 424 g/mol. The van der Waals surface area contributed by atoms with Gasteiger partial charge in [0, 0.05) is 49.0 Å². The summed E-state index contributed by atoms with van der Waals surface area (Å²) in [7, 11) is 1.41. The lowest BCUT2D eigenvalue weighted by atomic mass is 10.0. The molecule has 0 spiro atoms. The fraction of sp³-hybridized carbons (Fsp3) is 0.500. The second kappa shape index (κ2) is 7.50. The number of nitrogens with one attached hydrogen (secondary N) is 2. The molecule has 2 aromatic rings. The Balaban J connectivity index is 2.07. The Bertz CT molecular complexity index is 1070. The molecule has 1 saturated heterocycles. The first-order valence-corrected chi connectivity index (χ1v) is 9.89. The quantitative estimate of drug-likeness (QED) is 0.786. The Labute approximate surface area is 170 Å². The summed E-state index contributed by atoms with van der Waals surface area (Å²) >= 11 is 0. The number of anilines is 2. The van der Waals surface area contributed by atoms with Gasteiger partial charge in [0.15, 0.2) is 11.6 Å². The Hall–Kier alpha value is -2.75. The number of carbonyl (C=O) groups excluding carboxylic acids is 1. The van der Waals surface area contributed by atoms with E-state index in [1.54, 1.807) is 4.90 Å². The van der Waals surface area contributed by atoms with Crippen LogP contribution in [0, 0.1) is 11.6 Å². The minimum atomic E-state index is -1.49. The zero-order valence-corrected chi connectivity index (χ0v) is 16.9. The molecule has 2 fully saturated rings. The SMILES string of the molecule is CNc1c(F)c(N2C[C@@H](C)N[C@@H](C)C2)c(F)c2c1c(=O)c(C(=O)OF)cn2C1CC1. The van der Waals surface area contributed by atoms with Crippen molar-refractivity contribution in [2.24, 2.45) is 0 Å². The predicted molar refractivity (Wildman–Crippen MR) is 107 cm³/mol. The van der Waals surface area contributed by atoms with Crippen LogP contribution in [0.5, 0.6) is 0 Å². The molecule has 1 saturated carbocycles. The van der Waals surface area contributed by atoms with Crippen LogP contribution >= 0.6 is 0 Å². The van der Waals surface area contributed by atoms with Crippen molar-refractivity contribution in [1.29, 1.82) is 0 Å². The molecule has 7 nitrogen and oxygen atoms in total. The summed E-state index contributed by atoms with van der Waals surface area (Å²) in [5.74, 6) is -3.28. The number of hydrogen-bond donors (Lipinski definition) is 2. The summed E-state index contributed by atoms with van der Waals surface area (Å²) in [4.78, 5) is 29.6. The van der Waals surface area contributed by atoms with E-state index < -0.39 is 28.6 Å².